The molecule has 2 N–H and O–H groups in total. The van der Waals surface area contributed by atoms with E-state index >= 15 is 0 Å². The third-order valence-corrected chi connectivity index (χ3v) is 5.07. The van der Waals surface area contributed by atoms with Crippen molar-refractivity contribution in [3.05, 3.63) is 23.8 Å². The summed E-state index contributed by atoms with van der Waals surface area (Å²) < 4.78 is 0. The van der Waals surface area contributed by atoms with Crippen LogP contribution in [0.1, 0.15) is 73.6 Å². The molecule has 2 fully saturated rings. The number of aliphatic hydroxyl groups is 1. The van der Waals surface area contributed by atoms with Crippen LogP contribution in [0.2, 0.25) is 0 Å². The zero-order valence-corrected chi connectivity index (χ0v) is 13.0. The zero-order valence-electron chi connectivity index (χ0n) is 13.0. The lowest BCUT2D eigenvalue weighted by Gasteiger charge is -2.27. The Morgan fingerprint density at radius 1 is 1.18 bits per heavy atom. The molecule has 0 saturated heterocycles. The van der Waals surface area contributed by atoms with E-state index in [9.17, 15) is 4.79 Å². The Labute approximate surface area is 131 Å². The second-order valence-corrected chi connectivity index (χ2v) is 6.66. The normalized spacial score (nSPS) is 26.0. The highest BCUT2D eigenvalue weighted by Crippen LogP contribution is 2.31. The Kier molecular flexibility index (Phi) is 5.03. The molecule has 0 atom stereocenters. The maximum absolute atomic E-state index is 12.4. The number of nitrogens with zero attached hydrogens (tertiary/aromatic N) is 2. The Hall–Kier alpha value is -1.49. The topological polar surface area (TPSA) is 75.1 Å². The van der Waals surface area contributed by atoms with Crippen LogP contribution in [0.4, 0.5) is 0 Å². The van der Waals surface area contributed by atoms with E-state index in [2.05, 4.69) is 15.3 Å². The lowest BCUT2D eigenvalue weighted by atomic mass is 9.86. The third-order valence-electron chi connectivity index (χ3n) is 5.07. The summed E-state index contributed by atoms with van der Waals surface area (Å²) in [5.41, 5.74) is 0.487. The van der Waals surface area contributed by atoms with Gasteiger partial charge in [0.2, 0.25) is 0 Å². The van der Waals surface area contributed by atoms with Crippen LogP contribution in [0, 0.1) is 5.92 Å². The van der Waals surface area contributed by atoms with Crippen LogP contribution in [0.3, 0.4) is 0 Å². The minimum absolute atomic E-state index is 0.0888. The summed E-state index contributed by atoms with van der Waals surface area (Å²) in [5.74, 6) is 1.57. The summed E-state index contributed by atoms with van der Waals surface area (Å²) >= 11 is 0. The van der Waals surface area contributed by atoms with Crippen LogP contribution in [-0.2, 0) is 0 Å². The van der Waals surface area contributed by atoms with E-state index in [1.807, 2.05) is 0 Å². The molecule has 1 heterocycles. The van der Waals surface area contributed by atoms with Crippen molar-refractivity contribution in [2.24, 2.45) is 5.92 Å². The van der Waals surface area contributed by atoms with Crippen molar-refractivity contribution < 1.29 is 9.90 Å². The summed E-state index contributed by atoms with van der Waals surface area (Å²) in [4.78, 5) is 21.2. The molecule has 1 aromatic rings. The maximum Gasteiger partial charge on any atom is 0.270 e. The highest BCUT2D eigenvalue weighted by atomic mass is 16.3. The van der Waals surface area contributed by atoms with Crippen molar-refractivity contribution in [2.45, 2.75) is 63.3 Å². The first-order valence-electron chi connectivity index (χ1n) is 8.51. The highest BCUT2D eigenvalue weighted by Gasteiger charge is 2.24. The number of aliphatic hydroxyl groups excluding tert-OH is 1. The van der Waals surface area contributed by atoms with Crippen molar-refractivity contribution in [3.8, 4) is 0 Å². The second-order valence-electron chi connectivity index (χ2n) is 6.66. The fourth-order valence-electron chi connectivity index (χ4n) is 3.63. The third kappa shape index (κ3) is 3.64. The molecule has 0 aliphatic heterocycles. The molecule has 5 nitrogen and oxygen atoms in total. The number of carbonyl (C=O) groups is 1. The van der Waals surface area contributed by atoms with Gasteiger partial charge >= 0.3 is 0 Å². The van der Waals surface area contributed by atoms with Crippen molar-refractivity contribution in [1.29, 1.82) is 0 Å². The SMILES string of the molecule is O=C(NC1CCC(CO)CC1)c1ccnc(C2CCCC2)n1. The van der Waals surface area contributed by atoms with Crippen LogP contribution >= 0.6 is 0 Å². The van der Waals surface area contributed by atoms with E-state index in [-0.39, 0.29) is 18.6 Å². The number of hydrogen-bond donors (Lipinski definition) is 2. The predicted molar refractivity (Wildman–Crippen MR) is 83.5 cm³/mol. The molecule has 0 radical (unpaired) electrons. The van der Waals surface area contributed by atoms with Gasteiger partial charge < -0.3 is 10.4 Å². The number of aromatic nitrogens is 2. The smallest absolute Gasteiger partial charge is 0.270 e. The zero-order chi connectivity index (χ0) is 15.4. The monoisotopic (exact) mass is 303 g/mol. The van der Waals surface area contributed by atoms with Gasteiger partial charge in [-0.2, -0.15) is 0 Å². The van der Waals surface area contributed by atoms with E-state index in [0.717, 1.165) is 44.3 Å². The quantitative estimate of drug-likeness (QED) is 0.895. The molecule has 1 amide bonds. The minimum Gasteiger partial charge on any atom is -0.396 e. The lowest BCUT2D eigenvalue weighted by molar-refractivity contribution is 0.0908. The highest BCUT2D eigenvalue weighted by molar-refractivity contribution is 5.92. The van der Waals surface area contributed by atoms with Gasteiger partial charge in [-0.25, -0.2) is 9.97 Å². The van der Waals surface area contributed by atoms with Crippen LogP contribution in [0.15, 0.2) is 12.3 Å². The number of rotatable bonds is 4. The van der Waals surface area contributed by atoms with Gasteiger partial charge in [0, 0.05) is 24.8 Å². The molecule has 3 rings (SSSR count). The average Bonchev–Trinajstić information content (AvgIpc) is 3.10. The standard InChI is InChI=1S/C17H25N3O2/c21-11-12-5-7-14(8-6-12)19-17(22)15-9-10-18-16(20-15)13-3-1-2-4-13/h9-10,12-14,21H,1-8,11H2,(H,19,22). The van der Waals surface area contributed by atoms with E-state index in [0.29, 0.717) is 17.5 Å². The van der Waals surface area contributed by atoms with Crippen LogP contribution in [-0.4, -0.2) is 33.6 Å². The van der Waals surface area contributed by atoms with Crippen molar-refractivity contribution >= 4 is 5.91 Å². The molecule has 1 aromatic heterocycles. The largest absolute Gasteiger partial charge is 0.396 e. The Morgan fingerprint density at radius 3 is 2.59 bits per heavy atom. The van der Waals surface area contributed by atoms with Gasteiger partial charge in [-0.05, 0) is 50.5 Å². The first kappa shape index (κ1) is 15.4. The van der Waals surface area contributed by atoms with E-state index in [1.165, 1.54) is 12.8 Å². The van der Waals surface area contributed by atoms with Crippen molar-refractivity contribution in [1.82, 2.24) is 15.3 Å². The molecule has 22 heavy (non-hydrogen) atoms. The first-order chi connectivity index (χ1) is 10.8. The molecule has 2 aliphatic carbocycles. The lowest BCUT2D eigenvalue weighted by Crippen LogP contribution is -2.38. The first-order valence-corrected chi connectivity index (χ1v) is 8.51. The fraction of sp³-hybridized carbons (Fsp3) is 0.706. The number of nitrogens with one attached hydrogen (secondary N) is 1. The van der Waals surface area contributed by atoms with Gasteiger partial charge in [0.15, 0.2) is 0 Å². The van der Waals surface area contributed by atoms with E-state index < -0.39 is 0 Å². The van der Waals surface area contributed by atoms with Crippen molar-refractivity contribution in [3.63, 3.8) is 0 Å². The molecule has 5 heteroatoms. The van der Waals surface area contributed by atoms with Crippen molar-refractivity contribution in [2.75, 3.05) is 6.61 Å². The summed E-state index contributed by atoms with van der Waals surface area (Å²) in [6.07, 6.45) is 10.3. The van der Waals surface area contributed by atoms with Crippen LogP contribution in [0.25, 0.3) is 0 Å². The van der Waals surface area contributed by atoms with Gasteiger partial charge in [0.1, 0.15) is 11.5 Å². The molecule has 0 spiro atoms. The van der Waals surface area contributed by atoms with E-state index in [1.54, 1.807) is 12.3 Å². The van der Waals surface area contributed by atoms with Crippen LogP contribution < -0.4 is 5.32 Å². The summed E-state index contributed by atoms with van der Waals surface area (Å²) in [5, 5.41) is 12.3. The molecule has 2 saturated carbocycles. The maximum atomic E-state index is 12.4. The number of hydrogen-bond acceptors (Lipinski definition) is 4. The number of amides is 1. The molecule has 0 unspecified atom stereocenters. The Bertz CT molecular complexity index is 506. The minimum atomic E-state index is -0.0888. The average molecular weight is 303 g/mol. The van der Waals surface area contributed by atoms with E-state index in [4.69, 9.17) is 5.11 Å². The Morgan fingerprint density at radius 2 is 1.91 bits per heavy atom. The summed E-state index contributed by atoms with van der Waals surface area (Å²) in [6.45, 7) is 0.261. The molecule has 0 bridgehead atoms. The second kappa shape index (κ2) is 7.18. The molecule has 0 aromatic carbocycles. The van der Waals surface area contributed by atoms with Crippen LogP contribution in [0.5, 0.6) is 0 Å². The summed E-state index contributed by atoms with van der Waals surface area (Å²) in [7, 11) is 0. The van der Waals surface area contributed by atoms with Gasteiger partial charge in [-0.3, -0.25) is 4.79 Å². The molecule has 120 valence electrons. The molecule has 2 aliphatic rings. The summed E-state index contributed by atoms with van der Waals surface area (Å²) in [6, 6.07) is 1.91. The van der Waals surface area contributed by atoms with Gasteiger partial charge in [-0.1, -0.05) is 12.8 Å². The fourth-order valence-corrected chi connectivity index (χ4v) is 3.63. The Balaban J connectivity index is 1.59. The molecular weight excluding hydrogens is 278 g/mol. The van der Waals surface area contributed by atoms with Gasteiger partial charge in [0.05, 0.1) is 0 Å². The molecular formula is C17H25N3O2. The number of carbonyl (C=O) groups excluding carboxylic acids is 1. The van der Waals surface area contributed by atoms with Gasteiger partial charge in [0.25, 0.3) is 5.91 Å². The van der Waals surface area contributed by atoms with Gasteiger partial charge in [-0.15, -0.1) is 0 Å². The predicted octanol–water partition coefficient (Wildman–Crippen LogP) is 2.42.